The highest BCUT2D eigenvalue weighted by Crippen LogP contribution is 2.13. The zero-order valence-corrected chi connectivity index (χ0v) is 11.6. The fourth-order valence-electron chi connectivity index (χ4n) is 1.98. The van der Waals surface area contributed by atoms with Gasteiger partial charge in [0.2, 0.25) is 10.0 Å². The zero-order chi connectivity index (χ0) is 12.3. The summed E-state index contributed by atoms with van der Waals surface area (Å²) < 4.78 is 25.5. The highest BCUT2D eigenvalue weighted by atomic mass is 32.2. The Morgan fingerprint density at radius 3 is 1.88 bits per heavy atom. The first-order valence-corrected chi connectivity index (χ1v) is 7.55. The van der Waals surface area contributed by atoms with Gasteiger partial charge in [-0.2, -0.15) is 4.31 Å². The van der Waals surface area contributed by atoms with Gasteiger partial charge in [-0.05, 0) is 19.8 Å². The molecular formula is C11H24N2O2S. The van der Waals surface area contributed by atoms with Crippen molar-refractivity contribution in [3.8, 4) is 0 Å². The number of hydrogen-bond acceptors (Lipinski definition) is 3. The molecule has 0 atom stereocenters. The second kappa shape index (κ2) is 5.47. The Hall–Kier alpha value is -0.130. The molecule has 0 saturated carbocycles. The fourth-order valence-corrected chi connectivity index (χ4v) is 3.25. The van der Waals surface area contributed by atoms with Crippen molar-refractivity contribution < 1.29 is 8.42 Å². The first kappa shape index (κ1) is 13.9. The lowest BCUT2D eigenvalue weighted by Crippen LogP contribution is -2.50. The maximum atomic E-state index is 11.9. The summed E-state index contributed by atoms with van der Waals surface area (Å²) in [4.78, 5) is 2.34. The van der Waals surface area contributed by atoms with Gasteiger partial charge in [0.25, 0.3) is 0 Å². The van der Waals surface area contributed by atoms with Crippen molar-refractivity contribution >= 4 is 10.0 Å². The molecule has 0 amide bonds. The van der Waals surface area contributed by atoms with Crippen LogP contribution in [0.2, 0.25) is 0 Å². The van der Waals surface area contributed by atoms with Gasteiger partial charge in [0, 0.05) is 32.7 Å². The SMILES string of the molecule is CC(C)CN1CCN(S(=O)(=O)C(C)C)CC1. The first-order chi connectivity index (χ1) is 7.34. The number of rotatable bonds is 4. The van der Waals surface area contributed by atoms with Crippen LogP contribution in [0.15, 0.2) is 0 Å². The highest BCUT2D eigenvalue weighted by Gasteiger charge is 2.29. The van der Waals surface area contributed by atoms with Crippen molar-refractivity contribution in [3.05, 3.63) is 0 Å². The molecule has 0 radical (unpaired) electrons. The normalized spacial score (nSPS) is 20.9. The Balaban J connectivity index is 2.49. The molecule has 1 heterocycles. The predicted octanol–water partition coefficient (Wildman–Crippen LogP) is 0.998. The first-order valence-electron chi connectivity index (χ1n) is 6.05. The molecule has 1 aliphatic heterocycles. The minimum atomic E-state index is -3.05. The Kier molecular flexibility index (Phi) is 4.76. The Labute approximate surface area is 99.7 Å². The van der Waals surface area contributed by atoms with E-state index in [1.54, 1.807) is 18.2 Å². The van der Waals surface area contributed by atoms with Gasteiger partial charge in [0.15, 0.2) is 0 Å². The molecule has 0 aliphatic carbocycles. The van der Waals surface area contributed by atoms with Crippen LogP contribution in [-0.2, 0) is 10.0 Å². The van der Waals surface area contributed by atoms with E-state index >= 15 is 0 Å². The molecule has 0 bridgehead atoms. The quantitative estimate of drug-likeness (QED) is 0.745. The van der Waals surface area contributed by atoms with Crippen LogP contribution in [0.4, 0.5) is 0 Å². The van der Waals surface area contributed by atoms with Gasteiger partial charge in [0.1, 0.15) is 0 Å². The van der Waals surface area contributed by atoms with Gasteiger partial charge in [-0.25, -0.2) is 8.42 Å². The van der Waals surface area contributed by atoms with Crippen molar-refractivity contribution in [2.45, 2.75) is 32.9 Å². The average Bonchev–Trinajstić information content (AvgIpc) is 2.17. The van der Waals surface area contributed by atoms with Gasteiger partial charge < -0.3 is 4.90 Å². The van der Waals surface area contributed by atoms with E-state index in [2.05, 4.69) is 18.7 Å². The van der Waals surface area contributed by atoms with Crippen LogP contribution in [0.1, 0.15) is 27.7 Å². The lowest BCUT2D eigenvalue weighted by atomic mass is 10.2. The predicted molar refractivity (Wildman–Crippen MR) is 66.9 cm³/mol. The summed E-state index contributed by atoms with van der Waals surface area (Å²) in [5.74, 6) is 0.647. The molecule has 4 nitrogen and oxygen atoms in total. The van der Waals surface area contributed by atoms with Crippen LogP contribution in [0, 0.1) is 5.92 Å². The maximum Gasteiger partial charge on any atom is 0.216 e. The molecule has 0 aromatic heterocycles. The Bertz CT molecular complexity index is 304. The van der Waals surface area contributed by atoms with Crippen LogP contribution in [0.3, 0.4) is 0 Å². The van der Waals surface area contributed by atoms with E-state index < -0.39 is 10.0 Å². The van der Waals surface area contributed by atoms with Gasteiger partial charge in [-0.15, -0.1) is 0 Å². The molecular weight excluding hydrogens is 224 g/mol. The molecule has 5 heteroatoms. The largest absolute Gasteiger partial charge is 0.300 e. The third-order valence-electron chi connectivity index (χ3n) is 2.91. The minimum absolute atomic E-state index is 0.302. The van der Waals surface area contributed by atoms with E-state index in [0.29, 0.717) is 19.0 Å². The molecule has 0 N–H and O–H groups in total. The summed E-state index contributed by atoms with van der Waals surface area (Å²) >= 11 is 0. The van der Waals surface area contributed by atoms with Crippen molar-refractivity contribution in [1.82, 2.24) is 9.21 Å². The molecule has 1 fully saturated rings. The summed E-state index contributed by atoms with van der Waals surface area (Å²) in [6.45, 7) is 12.0. The summed E-state index contributed by atoms with van der Waals surface area (Å²) in [5, 5.41) is -0.302. The van der Waals surface area contributed by atoms with Crippen LogP contribution in [0.25, 0.3) is 0 Å². The number of nitrogens with zero attached hydrogens (tertiary/aromatic N) is 2. The minimum Gasteiger partial charge on any atom is -0.300 e. The van der Waals surface area contributed by atoms with Crippen LogP contribution < -0.4 is 0 Å². The van der Waals surface area contributed by atoms with E-state index in [1.165, 1.54) is 0 Å². The lowest BCUT2D eigenvalue weighted by molar-refractivity contribution is 0.171. The Morgan fingerprint density at radius 1 is 1.00 bits per heavy atom. The molecule has 0 aromatic carbocycles. The van der Waals surface area contributed by atoms with Crippen molar-refractivity contribution in [2.24, 2.45) is 5.92 Å². The summed E-state index contributed by atoms with van der Waals surface area (Å²) in [5.41, 5.74) is 0. The summed E-state index contributed by atoms with van der Waals surface area (Å²) in [7, 11) is -3.05. The van der Waals surface area contributed by atoms with Gasteiger partial charge in [-0.3, -0.25) is 0 Å². The third-order valence-corrected chi connectivity index (χ3v) is 5.19. The van der Waals surface area contributed by atoms with Crippen molar-refractivity contribution in [2.75, 3.05) is 32.7 Å². The summed E-state index contributed by atoms with van der Waals surface area (Å²) in [6, 6.07) is 0. The van der Waals surface area contributed by atoms with Crippen LogP contribution in [-0.4, -0.2) is 55.6 Å². The Morgan fingerprint density at radius 2 is 1.50 bits per heavy atom. The lowest BCUT2D eigenvalue weighted by Gasteiger charge is -2.35. The second-order valence-corrected chi connectivity index (χ2v) is 7.68. The smallest absolute Gasteiger partial charge is 0.216 e. The van der Waals surface area contributed by atoms with E-state index in [0.717, 1.165) is 19.6 Å². The van der Waals surface area contributed by atoms with Gasteiger partial charge in [0.05, 0.1) is 5.25 Å². The molecule has 0 aromatic rings. The molecule has 0 unspecified atom stereocenters. The van der Waals surface area contributed by atoms with Crippen molar-refractivity contribution in [3.63, 3.8) is 0 Å². The topological polar surface area (TPSA) is 40.6 Å². The molecule has 0 spiro atoms. The zero-order valence-electron chi connectivity index (χ0n) is 10.8. The highest BCUT2D eigenvalue weighted by molar-refractivity contribution is 7.89. The number of hydrogen-bond donors (Lipinski definition) is 0. The molecule has 16 heavy (non-hydrogen) atoms. The molecule has 1 rings (SSSR count). The van der Waals surface area contributed by atoms with Crippen molar-refractivity contribution in [1.29, 1.82) is 0 Å². The van der Waals surface area contributed by atoms with Gasteiger partial charge >= 0.3 is 0 Å². The second-order valence-electron chi connectivity index (χ2n) is 5.19. The van der Waals surface area contributed by atoms with E-state index in [1.807, 2.05) is 0 Å². The van der Waals surface area contributed by atoms with E-state index in [4.69, 9.17) is 0 Å². The fraction of sp³-hybridized carbons (Fsp3) is 1.00. The van der Waals surface area contributed by atoms with Crippen LogP contribution in [0.5, 0.6) is 0 Å². The number of sulfonamides is 1. The monoisotopic (exact) mass is 248 g/mol. The average molecular weight is 248 g/mol. The van der Waals surface area contributed by atoms with Crippen LogP contribution >= 0.6 is 0 Å². The number of piperazine rings is 1. The van der Waals surface area contributed by atoms with E-state index in [9.17, 15) is 8.42 Å². The summed E-state index contributed by atoms with van der Waals surface area (Å²) in [6.07, 6.45) is 0. The van der Waals surface area contributed by atoms with E-state index in [-0.39, 0.29) is 5.25 Å². The standard InChI is InChI=1S/C11H24N2O2S/c1-10(2)9-12-5-7-13(8-6-12)16(14,15)11(3)4/h10-11H,5-9H2,1-4H3. The molecule has 96 valence electrons. The third kappa shape index (κ3) is 3.43. The van der Waals surface area contributed by atoms with Gasteiger partial charge in [-0.1, -0.05) is 13.8 Å². The molecule has 1 aliphatic rings. The maximum absolute atomic E-state index is 11.9. The molecule has 1 saturated heterocycles.